The molecule has 12 heteroatoms. The summed E-state index contributed by atoms with van der Waals surface area (Å²) >= 11 is 0.994. The third kappa shape index (κ3) is 4.42. The van der Waals surface area contributed by atoms with E-state index >= 15 is 0 Å². The molecule has 0 saturated heterocycles. The number of nitrogens with one attached hydrogen (secondary N) is 1. The topological polar surface area (TPSA) is 99.1 Å². The molecule has 152 valence electrons. The first kappa shape index (κ1) is 20.5. The highest BCUT2D eigenvalue weighted by molar-refractivity contribution is 7.17. The van der Waals surface area contributed by atoms with Crippen LogP contribution in [-0.4, -0.2) is 40.3 Å². The van der Waals surface area contributed by atoms with Gasteiger partial charge in [0, 0.05) is 23.0 Å². The zero-order valence-corrected chi connectivity index (χ0v) is 16.2. The highest BCUT2D eigenvalue weighted by Gasteiger charge is 2.34. The predicted molar refractivity (Wildman–Crippen MR) is 98.2 cm³/mol. The van der Waals surface area contributed by atoms with Gasteiger partial charge in [-0.3, -0.25) is 15.1 Å². The molecule has 8 nitrogen and oxygen atoms in total. The summed E-state index contributed by atoms with van der Waals surface area (Å²) in [4.78, 5) is 20.2. The van der Waals surface area contributed by atoms with Crippen molar-refractivity contribution in [2.24, 2.45) is 0 Å². The first-order valence-corrected chi connectivity index (χ1v) is 8.81. The average Bonchev–Trinajstić information content (AvgIpc) is 3.14. The van der Waals surface area contributed by atoms with Gasteiger partial charge in [-0.25, -0.2) is 4.98 Å². The Balaban J connectivity index is 2.08. The van der Waals surface area contributed by atoms with Crippen molar-refractivity contribution in [3.63, 3.8) is 0 Å². The molecule has 0 fully saturated rings. The number of carbonyl (C=O) groups is 1. The van der Waals surface area contributed by atoms with E-state index < -0.39 is 17.8 Å². The number of aryl methyl sites for hydroxylation is 1. The fourth-order valence-electron chi connectivity index (χ4n) is 2.44. The Hall–Kier alpha value is -3.28. The maximum atomic E-state index is 13.2. The Bertz CT molecular complexity index is 1060. The molecule has 3 rings (SSSR count). The second-order valence-electron chi connectivity index (χ2n) is 5.67. The second-order valence-corrected chi connectivity index (χ2v) is 6.61. The summed E-state index contributed by atoms with van der Waals surface area (Å²) in [7, 11) is 2.71. The van der Waals surface area contributed by atoms with Crippen LogP contribution in [0.2, 0.25) is 0 Å². The lowest BCUT2D eigenvalue weighted by atomic mass is 9.99. The summed E-state index contributed by atoms with van der Waals surface area (Å²) in [5, 5.41) is 10.4. The van der Waals surface area contributed by atoms with Crippen molar-refractivity contribution < 1.29 is 27.4 Å². The largest absolute Gasteiger partial charge is 0.494 e. The number of hydrogen-bond donors (Lipinski definition) is 1. The first-order valence-electron chi connectivity index (χ1n) is 8.00. The van der Waals surface area contributed by atoms with Crippen molar-refractivity contribution in [1.82, 2.24) is 20.2 Å². The van der Waals surface area contributed by atoms with Crippen LogP contribution in [0.1, 0.15) is 21.7 Å². The molecule has 0 aliphatic rings. The number of methoxy groups -OCH3 is 2. The zero-order valence-electron chi connectivity index (χ0n) is 15.4. The summed E-state index contributed by atoms with van der Waals surface area (Å²) in [6, 6.07) is 2.33. The van der Waals surface area contributed by atoms with Crippen molar-refractivity contribution in [3.05, 3.63) is 41.5 Å². The number of carbonyl (C=O) groups excluding carboxylic acids is 1. The molecule has 3 heterocycles. The van der Waals surface area contributed by atoms with Crippen molar-refractivity contribution in [3.8, 4) is 22.1 Å². The van der Waals surface area contributed by atoms with Crippen LogP contribution in [0.25, 0.3) is 11.1 Å². The normalized spacial score (nSPS) is 11.2. The maximum absolute atomic E-state index is 13.2. The van der Waals surface area contributed by atoms with Gasteiger partial charge in [0.25, 0.3) is 11.1 Å². The van der Waals surface area contributed by atoms with E-state index in [4.69, 9.17) is 9.47 Å². The van der Waals surface area contributed by atoms with Gasteiger partial charge >= 0.3 is 6.18 Å². The fraction of sp³-hybridized carbons (Fsp3) is 0.235. The van der Waals surface area contributed by atoms with Crippen LogP contribution in [0.4, 0.5) is 18.3 Å². The Morgan fingerprint density at radius 1 is 1.07 bits per heavy atom. The lowest BCUT2D eigenvalue weighted by molar-refractivity contribution is -0.141. The molecular formula is C17H14F3N5O3S. The van der Waals surface area contributed by atoms with E-state index in [1.54, 1.807) is 6.92 Å². The van der Waals surface area contributed by atoms with E-state index in [0.717, 1.165) is 23.6 Å². The number of pyridine rings is 2. The van der Waals surface area contributed by atoms with Gasteiger partial charge in [0.05, 0.1) is 26.0 Å². The van der Waals surface area contributed by atoms with Crippen LogP contribution in [0.5, 0.6) is 10.9 Å². The highest BCUT2D eigenvalue weighted by atomic mass is 32.1. The number of ether oxygens (including phenoxy) is 2. The van der Waals surface area contributed by atoms with E-state index in [1.807, 2.05) is 0 Å². The third-order valence-corrected chi connectivity index (χ3v) is 4.55. The Morgan fingerprint density at radius 2 is 1.83 bits per heavy atom. The van der Waals surface area contributed by atoms with Gasteiger partial charge in [-0.15, -0.1) is 5.10 Å². The molecule has 3 aromatic heterocycles. The molecule has 0 unspecified atom stereocenters. The Morgan fingerprint density at radius 3 is 2.45 bits per heavy atom. The number of anilines is 1. The number of rotatable bonds is 5. The van der Waals surface area contributed by atoms with E-state index in [1.165, 1.54) is 26.5 Å². The van der Waals surface area contributed by atoms with Gasteiger partial charge < -0.3 is 9.47 Å². The number of halogens is 3. The van der Waals surface area contributed by atoms with Crippen molar-refractivity contribution in [2.45, 2.75) is 13.1 Å². The van der Waals surface area contributed by atoms with Crippen LogP contribution in [0.15, 0.2) is 24.5 Å². The van der Waals surface area contributed by atoms with Crippen LogP contribution < -0.4 is 14.8 Å². The lowest BCUT2D eigenvalue weighted by Gasteiger charge is -2.15. The molecule has 0 bridgehead atoms. The maximum Gasteiger partial charge on any atom is 0.433 e. The van der Waals surface area contributed by atoms with Crippen molar-refractivity contribution >= 4 is 22.4 Å². The van der Waals surface area contributed by atoms with Gasteiger partial charge in [0.2, 0.25) is 5.13 Å². The summed E-state index contributed by atoms with van der Waals surface area (Å²) in [5.41, 5.74) is -0.316. The molecule has 0 atom stereocenters. The number of amides is 1. The monoisotopic (exact) mass is 425 g/mol. The van der Waals surface area contributed by atoms with Crippen LogP contribution in [0, 0.1) is 6.92 Å². The zero-order chi connectivity index (χ0) is 21.2. The smallest absolute Gasteiger partial charge is 0.433 e. The average molecular weight is 425 g/mol. The number of alkyl halides is 3. The summed E-state index contributed by atoms with van der Waals surface area (Å²) in [6.45, 7) is 1.65. The molecular weight excluding hydrogens is 411 g/mol. The fourth-order valence-corrected chi connectivity index (χ4v) is 3.00. The van der Waals surface area contributed by atoms with E-state index in [9.17, 15) is 18.0 Å². The van der Waals surface area contributed by atoms with Gasteiger partial charge in [-0.1, -0.05) is 5.10 Å². The van der Waals surface area contributed by atoms with Gasteiger partial charge in [-0.2, -0.15) is 13.2 Å². The highest BCUT2D eigenvalue weighted by Crippen LogP contribution is 2.37. The minimum Gasteiger partial charge on any atom is -0.494 e. The standard InChI is InChI=1S/C17H14F3N5O3S/c1-8-4-9(10-5-13(17(18,19)20)22-7-12(10)27-2)11(6-21-8)14(26)23-15-24-25-16(28-3)29-15/h4-7H,1-3H3,(H,23,24,26). The van der Waals surface area contributed by atoms with Gasteiger partial charge in [0.15, 0.2) is 0 Å². The molecule has 0 radical (unpaired) electrons. The Kier molecular flexibility index (Phi) is 5.64. The quantitative estimate of drug-likeness (QED) is 0.667. The number of aromatic nitrogens is 4. The molecule has 0 aliphatic carbocycles. The Labute approximate surface area is 166 Å². The number of nitrogens with zero attached hydrogens (tertiary/aromatic N) is 4. The van der Waals surface area contributed by atoms with Crippen LogP contribution >= 0.6 is 11.3 Å². The minimum atomic E-state index is -4.66. The molecule has 3 aromatic rings. The summed E-state index contributed by atoms with van der Waals surface area (Å²) in [6.07, 6.45) is -2.43. The van der Waals surface area contributed by atoms with E-state index in [0.29, 0.717) is 5.69 Å². The van der Waals surface area contributed by atoms with Crippen molar-refractivity contribution in [1.29, 1.82) is 0 Å². The van der Waals surface area contributed by atoms with Crippen molar-refractivity contribution in [2.75, 3.05) is 19.5 Å². The lowest BCUT2D eigenvalue weighted by Crippen LogP contribution is -2.14. The number of hydrogen-bond acceptors (Lipinski definition) is 8. The van der Waals surface area contributed by atoms with E-state index in [2.05, 4.69) is 25.5 Å². The first-order chi connectivity index (χ1) is 13.7. The van der Waals surface area contributed by atoms with Crippen LogP contribution in [-0.2, 0) is 6.18 Å². The van der Waals surface area contributed by atoms with Gasteiger partial charge in [0.1, 0.15) is 11.4 Å². The SMILES string of the molecule is COc1nnc(NC(=O)c2cnc(C)cc2-c2cc(C(F)(F)F)ncc2OC)s1. The second kappa shape index (κ2) is 7.99. The molecule has 0 aromatic carbocycles. The third-order valence-electron chi connectivity index (χ3n) is 3.75. The minimum absolute atomic E-state index is 0.0300. The molecule has 0 spiro atoms. The molecule has 1 N–H and O–H groups in total. The summed E-state index contributed by atoms with van der Waals surface area (Å²) in [5.74, 6) is -0.547. The summed E-state index contributed by atoms with van der Waals surface area (Å²) < 4.78 is 49.6. The molecule has 0 aliphatic heterocycles. The van der Waals surface area contributed by atoms with Crippen LogP contribution in [0.3, 0.4) is 0 Å². The molecule has 1 amide bonds. The van der Waals surface area contributed by atoms with Gasteiger partial charge in [-0.05, 0) is 30.4 Å². The van der Waals surface area contributed by atoms with E-state index in [-0.39, 0.29) is 32.8 Å². The molecule has 29 heavy (non-hydrogen) atoms. The predicted octanol–water partition coefficient (Wildman–Crippen LogP) is 3.59. The molecule has 0 saturated carbocycles.